The fourth-order valence-electron chi connectivity index (χ4n) is 2.17. The van der Waals surface area contributed by atoms with Crippen LogP contribution in [0.1, 0.15) is 5.56 Å². The number of hydrogen-bond acceptors (Lipinski definition) is 5. The van der Waals surface area contributed by atoms with Crippen LogP contribution in [0.5, 0.6) is 11.5 Å². The van der Waals surface area contributed by atoms with Crippen LogP contribution in [-0.2, 0) is 6.54 Å². The molecule has 0 amide bonds. The van der Waals surface area contributed by atoms with Gasteiger partial charge in [-0.25, -0.2) is 0 Å². The zero-order valence-corrected chi connectivity index (χ0v) is 12.3. The number of benzene rings is 2. The molecule has 3 rings (SSSR count). The number of rotatable bonds is 4. The molecule has 0 saturated heterocycles. The molecule has 1 aliphatic rings. The second-order valence-electron chi connectivity index (χ2n) is 4.76. The van der Waals surface area contributed by atoms with E-state index in [1.165, 1.54) is 12.1 Å². The average molecular weight is 321 g/mol. The van der Waals surface area contributed by atoms with Crippen molar-refractivity contribution in [2.75, 3.05) is 18.5 Å². The van der Waals surface area contributed by atoms with Crippen LogP contribution in [0.4, 0.5) is 11.4 Å². The maximum atomic E-state index is 10.6. The van der Waals surface area contributed by atoms with E-state index in [9.17, 15) is 10.1 Å². The first-order chi connectivity index (χ1) is 10.6. The van der Waals surface area contributed by atoms with Gasteiger partial charge in [-0.05, 0) is 29.8 Å². The fourth-order valence-corrected chi connectivity index (χ4v) is 2.46. The minimum atomic E-state index is -0.426. The molecule has 2 aromatic carbocycles. The van der Waals surface area contributed by atoms with Crippen molar-refractivity contribution >= 4 is 23.0 Å². The van der Waals surface area contributed by atoms with E-state index in [2.05, 4.69) is 5.32 Å². The van der Waals surface area contributed by atoms with Gasteiger partial charge in [-0.1, -0.05) is 11.6 Å². The number of halogens is 1. The molecule has 1 heterocycles. The van der Waals surface area contributed by atoms with Gasteiger partial charge in [-0.2, -0.15) is 0 Å². The Balaban J connectivity index is 1.71. The molecule has 0 spiro atoms. The molecule has 22 heavy (non-hydrogen) atoms. The summed E-state index contributed by atoms with van der Waals surface area (Å²) < 4.78 is 11.0. The van der Waals surface area contributed by atoms with Gasteiger partial charge in [-0.3, -0.25) is 10.1 Å². The van der Waals surface area contributed by atoms with E-state index in [1.807, 2.05) is 12.1 Å². The Morgan fingerprint density at radius 1 is 1.18 bits per heavy atom. The molecule has 7 heteroatoms. The predicted octanol–water partition coefficient (Wildman–Crippen LogP) is 3.63. The zero-order valence-electron chi connectivity index (χ0n) is 11.5. The third kappa shape index (κ3) is 3.07. The summed E-state index contributed by atoms with van der Waals surface area (Å²) in [5.41, 5.74) is 1.79. The molecule has 0 unspecified atom stereocenters. The van der Waals surface area contributed by atoms with Gasteiger partial charge >= 0.3 is 0 Å². The topological polar surface area (TPSA) is 73.6 Å². The molecule has 0 aliphatic carbocycles. The zero-order chi connectivity index (χ0) is 15.5. The third-order valence-electron chi connectivity index (χ3n) is 3.23. The van der Waals surface area contributed by atoms with Crippen molar-refractivity contribution in [3.05, 3.63) is 57.1 Å². The monoisotopic (exact) mass is 320 g/mol. The van der Waals surface area contributed by atoms with Crippen molar-refractivity contribution in [3.63, 3.8) is 0 Å². The summed E-state index contributed by atoms with van der Waals surface area (Å²) in [6.07, 6.45) is 0. The molecule has 114 valence electrons. The summed E-state index contributed by atoms with van der Waals surface area (Å²) in [4.78, 5) is 10.2. The second-order valence-corrected chi connectivity index (χ2v) is 5.17. The van der Waals surface area contributed by atoms with Crippen LogP contribution in [0.15, 0.2) is 36.4 Å². The number of nitro groups is 1. The number of fused-ring (bicyclic) bond motifs is 1. The minimum absolute atomic E-state index is 0.0629. The Hall–Kier alpha value is -2.47. The number of non-ortho nitro benzene ring substituents is 1. The molecule has 0 atom stereocenters. The van der Waals surface area contributed by atoms with Crippen molar-refractivity contribution in [2.45, 2.75) is 6.54 Å². The van der Waals surface area contributed by atoms with Gasteiger partial charge < -0.3 is 14.8 Å². The van der Waals surface area contributed by atoms with E-state index in [0.29, 0.717) is 36.3 Å². The summed E-state index contributed by atoms with van der Waals surface area (Å²) in [5, 5.41) is 14.3. The molecule has 0 radical (unpaired) electrons. The third-order valence-corrected chi connectivity index (χ3v) is 3.51. The second kappa shape index (κ2) is 6.11. The van der Waals surface area contributed by atoms with Gasteiger partial charge in [0.2, 0.25) is 0 Å². The van der Waals surface area contributed by atoms with Crippen molar-refractivity contribution in [1.82, 2.24) is 0 Å². The van der Waals surface area contributed by atoms with Crippen LogP contribution in [-0.4, -0.2) is 18.1 Å². The summed E-state index contributed by atoms with van der Waals surface area (Å²) in [5.74, 6) is 1.21. The lowest BCUT2D eigenvalue weighted by Crippen LogP contribution is -2.16. The van der Waals surface area contributed by atoms with Gasteiger partial charge in [0.05, 0.1) is 9.95 Å². The quantitative estimate of drug-likeness (QED) is 0.688. The van der Waals surface area contributed by atoms with E-state index in [-0.39, 0.29) is 5.69 Å². The Kier molecular flexibility index (Phi) is 4.02. The lowest BCUT2D eigenvalue weighted by molar-refractivity contribution is -0.384. The molecule has 0 bridgehead atoms. The van der Waals surface area contributed by atoms with Crippen molar-refractivity contribution in [3.8, 4) is 11.5 Å². The van der Waals surface area contributed by atoms with Crippen LogP contribution in [0, 0.1) is 10.1 Å². The maximum Gasteiger partial charge on any atom is 0.269 e. The number of nitrogens with one attached hydrogen (secondary N) is 1. The SMILES string of the molecule is O=[N+]([O-])c1ccc(NCc2cc(Cl)c3c(c2)OCCO3)cc1. The molecular weight excluding hydrogens is 308 g/mol. The summed E-state index contributed by atoms with van der Waals surface area (Å²) in [6.45, 7) is 1.52. The van der Waals surface area contributed by atoms with Crippen LogP contribution in [0.2, 0.25) is 5.02 Å². The first-order valence-electron chi connectivity index (χ1n) is 6.70. The molecular formula is C15H13ClN2O4. The summed E-state index contributed by atoms with van der Waals surface area (Å²) in [6, 6.07) is 9.93. The van der Waals surface area contributed by atoms with E-state index in [0.717, 1.165) is 11.3 Å². The lowest BCUT2D eigenvalue weighted by atomic mass is 10.2. The van der Waals surface area contributed by atoms with Crippen LogP contribution >= 0.6 is 11.6 Å². The van der Waals surface area contributed by atoms with E-state index < -0.39 is 4.92 Å². The molecule has 2 aromatic rings. The summed E-state index contributed by atoms with van der Waals surface area (Å²) >= 11 is 6.18. The Morgan fingerprint density at radius 2 is 1.91 bits per heavy atom. The number of hydrogen-bond donors (Lipinski definition) is 1. The first-order valence-corrected chi connectivity index (χ1v) is 7.07. The average Bonchev–Trinajstić information content (AvgIpc) is 2.53. The molecule has 0 saturated carbocycles. The minimum Gasteiger partial charge on any atom is -0.486 e. The highest BCUT2D eigenvalue weighted by molar-refractivity contribution is 6.32. The Bertz CT molecular complexity index is 703. The highest BCUT2D eigenvalue weighted by atomic mass is 35.5. The van der Waals surface area contributed by atoms with Crippen LogP contribution in [0.3, 0.4) is 0 Å². The van der Waals surface area contributed by atoms with Gasteiger partial charge in [-0.15, -0.1) is 0 Å². The van der Waals surface area contributed by atoms with Gasteiger partial charge in [0.25, 0.3) is 5.69 Å². The van der Waals surface area contributed by atoms with E-state index in [1.54, 1.807) is 12.1 Å². The largest absolute Gasteiger partial charge is 0.486 e. The molecule has 0 fully saturated rings. The highest BCUT2D eigenvalue weighted by Crippen LogP contribution is 2.38. The van der Waals surface area contributed by atoms with E-state index >= 15 is 0 Å². The maximum absolute atomic E-state index is 10.6. The van der Waals surface area contributed by atoms with Crippen molar-refractivity contribution < 1.29 is 14.4 Å². The van der Waals surface area contributed by atoms with Crippen molar-refractivity contribution in [2.24, 2.45) is 0 Å². The number of nitrogens with zero attached hydrogens (tertiary/aromatic N) is 1. The standard InChI is InChI=1S/C15H13ClN2O4/c16-13-7-10(8-14-15(13)22-6-5-21-14)9-17-11-1-3-12(4-2-11)18(19)20/h1-4,7-8,17H,5-6,9H2. The Morgan fingerprint density at radius 3 is 2.64 bits per heavy atom. The molecule has 6 nitrogen and oxygen atoms in total. The predicted molar refractivity (Wildman–Crippen MR) is 82.9 cm³/mol. The smallest absolute Gasteiger partial charge is 0.269 e. The number of nitro benzene ring substituents is 1. The normalized spacial score (nSPS) is 12.8. The first kappa shape index (κ1) is 14.5. The number of ether oxygens (including phenoxy) is 2. The highest BCUT2D eigenvalue weighted by Gasteiger charge is 2.16. The van der Waals surface area contributed by atoms with Crippen LogP contribution in [0.25, 0.3) is 0 Å². The molecule has 1 N–H and O–H groups in total. The van der Waals surface area contributed by atoms with Gasteiger partial charge in [0.15, 0.2) is 11.5 Å². The molecule has 1 aliphatic heterocycles. The lowest BCUT2D eigenvalue weighted by Gasteiger charge is -2.20. The van der Waals surface area contributed by atoms with Crippen molar-refractivity contribution in [1.29, 1.82) is 0 Å². The van der Waals surface area contributed by atoms with Gasteiger partial charge in [0, 0.05) is 24.4 Å². The van der Waals surface area contributed by atoms with Gasteiger partial charge in [0.1, 0.15) is 13.2 Å². The molecule has 0 aromatic heterocycles. The van der Waals surface area contributed by atoms with Crippen LogP contribution < -0.4 is 14.8 Å². The van der Waals surface area contributed by atoms with E-state index in [4.69, 9.17) is 21.1 Å². The number of anilines is 1. The fraction of sp³-hybridized carbons (Fsp3) is 0.200. The Labute approximate surface area is 131 Å². The summed E-state index contributed by atoms with van der Waals surface area (Å²) in [7, 11) is 0.